The Kier molecular flexibility index (Phi) is 9.07. The molecule has 240 valence electrons. The van der Waals surface area contributed by atoms with Crippen molar-refractivity contribution in [3.63, 3.8) is 0 Å². The molecule has 8 heteroatoms. The number of hydrogen-bond acceptors (Lipinski definition) is 4. The third-order valence-corrected chi connectivity index (χ3v) is 8.68. The van der Waals surface area contributed by atoms with Crippen LogP contribution in [0.5, 0.6) is 0 Å². The quantitative estimate of drug-likeness (QED) is 0.137. The summed E-state index contributed by atoms with van der Waals surface area (Å²) in [7, 11) is 0. The van der Waals surface area contributed by atoms with E-state index in [9.17, 15) is 24.2 Å². The smallest absolute Gasteiger partial charge is 0.305 e. The lowest BCUT2D eigenvalue weighted by Gasteiger charge is -2.19. The number of aliphatic hydroxyl groups is 2. The van der Waals surface area contributed by atoms with Crippen molar-refractivity contribution in [1.29, 1.82) is 0 Å². The van der Waals surface area contributed by atoms with Gasteiger partial charge in [0.2, 0.25) is 0 Å². The molecule has 0 bridgehead atoms. The van der Waals surface area contributed by atoms with Gasteiger partial charge in [-0.25, -0.2) is 4.39 Å². The number of pyridine rings is 1. The van der Waals surface area contributed by atoms with Crippen LogP contribution in [0.3, 0.4) is 0 Å². The van der Waals surface area contributed by atoms with E-state index in [1.165, 1.54) is 12.1 Å². The van der Waals surface area contributed by atoms with Gasteiger partial charge < -0.3 is 19.9 Å². The van der Waals surface area contributed by atoms with Crippen LogP contribution in [-0.2, 0) is 11.2 Å². The average Bonchev–Trinajstić information content (AvgIpc) is 3.40. The second-order valence-corrected chi connectivity index (χ2v) is 12.3. The molecule has 0 saturated heterocycles. The molecule has 0 aliphatic carbocycles. The largest absolute Gasteiger partial charge is 0.481 e. The molecule has 7 nitrogen and oxygen atoms in total. The summed E-state index contributed by atoms with van der Waals surface area (Å²) in [5.74, 6) is -1.52. The number of rotatable bonds is 11. The number of fused-ring (bicyclic) bond motifs is 3. The molecule has 6 rings (SSSR count). The van der Waals surface area contributed by atoms with Crippen molar-refractivity contribution in [3.8, 4) is 27.9 Å². The van der Waals surface area contributed by atoms with Gasteiger partial charge in [0, 0.05) is 33.8 Å². The molecule has 0 unspecified atom stereocenters. The lowest BCUT2D eigenvalue weighted by molar-refractivity contribution is -0.139. The number of para-hydroxylation sites is 1. The van der Waals surface area contributed by atoms with E-state index in [-0.39, 0.29) is 30.3 Å². The molecule has 0 spiro atoms. The first-order chi connectivity index (χ1) is 22.6. The minimum atomic E-state index is -1.18. The van der Waals surface area contributed by atoms with E-state index in [0.29, 0.717) is 11.9 Å². The molecule has 0 aliphatic rings. The van der Waals surface area contributed by atoms with Crippen molar-refractivity contribution in [2.24, 2.45) is 0 Å². The predicted octanol–water partition coefficient (Wildman–Crippen LogP) is 7.52. The van der Waals surface area contributed by atoms with E-state index >= 15 is 0 Å². The Morgan fingerprint density at radius 3 is 2.06 bits per heavy atom. The molecule has 3 N–H and O–H groups in total. The normalized spacial score (nSPS) is 13.0. The molecule has 4 aromatic carbocycles. The highest BCUT2D eigenvalue weighted by Crippen LogP contribution is 2.41. The van der Waals surface area contributed by atoms with Crippen molar-refractivity contribution in [2.45, 2.75) is 57.8 Å². The van der Waals surface area contributed by atoms with E-state index in [1.54, 1.807) is 16.7 Å². The van der Waals surface area contributed by atoms with Crippen LogP contribution in [0.25, 0.3) is 49.7 Å². The third-order valence-electron chi connectivity index (χ3n) is 8.68. The summed E-state index contributed by atoms with van der Waals surface area (Å²) in [6.07, 6.45) is -2.14. The van der Waals surface area contributed by atoms with Crippen LogP contribution in [0.15, 0.2) is 108 Å². The molecule has 0 fully saturated rings. The summed E-state index contributed by atoms with van der Waals surface area (Å²) < 4.78 is 17.9. The Morgan fingerprint density at radius 1 is 0.787 bits per heavy atom. The molecule has 0 aliphatic heterocycles. The predicted molar refractivity (Wildman–Crippen MR) is 183 cm³/mol. The summed E-state index contributed by atoms with van der Waals surface area (Å²) in [6, 6.07) is 31.7. The molecule has 0 amide bonds. The highest BCUT2D eigenvalue weighted by atomic mass is 19.1. The first-order valence-corrected chi connectivity index (χ1v) is 15.8. The molecule has 2 aromatic heterocycles. The minimum Gasteiger partial charge on any atom is -0.481 e. The molecule has 47 heavy (non-hydrogen) atoms. The maximum Gasteiger partial charge on any atom is 0.305 e. The molecule has 2 heterocycles. The number of nitrogens with zero attached hydrogens (tertiary/aromatic N) is 2. The summed E-state index contributed by atoms with van der Waals surface area (Å²) >= 11 is 0. The van der Waals surface area contributed by atoms with Crippen LogP contribution in [0.4, 0.5) is 4.39 Å². The van der Waals surface area contributed by atoms with Crippen LogP contribution in [0, 0.1) is 5.82 Å². The van der Waals surface area contributed by atoms with Crippen molar-refractivity contribution in [3.05, 3.63) is 125 Å². The highest BCUT2D eigenvalue weighted by Gasteiger charge is 2.27. The van der Waals surface area contributed by atoms with Gasteiger partial charge in [-0.05, 0) is 80.1 Å². The first kappa shape index (κ1) is 31.9. The number of aromatic nitrogens is 2. The van der Waals surface area contributed by atoms with Crippen LogP contribution in [0.2, 0.25) is 0 Å². The zero-order valence-corrected chi connectivity index (χ0v) is 26.3. The van der Waals surface area contributed by atoms with Gasteiger partial charge in [-0.3, -0.25) is 14.2 Å². The zero-order chi connectivity index (χ0) is 33.2. The van der Waals surface area contributed by atoms with Gasteiger partial charge in [-0.1, -0.05) is 72.8 Å². The number of hydrogen-bond donors (Lipinski definition) is 3. The number of carboxylic acid groups (broad SMARTS) is 1. The molecule has 0 saturated carbocycles. The van der Waals surface area contributed by atoms with E-state index in [4.69, 9.17) is 5.11 Å². The summed E-state index contributed by atoms with van der Waals surface area (Å²) in [5, 5.41) is 31.6. The van der Waals surface area contributed by atoms with Gasteiger partial charge in [0.05, 0.1) is 24.1 Å². The van der Waals surface area contributed by atoms with Crippen molar-refractivity contribution >= 4 is 27.8 Å². The van der Waals surface area contributed by atoms with Crippen LogP contribution in [-0.4, -0.2) is 42.6 Å². The van der Waals surface area contributed by atoms with E-state index in [2.05, 4.69) is 0 Å². The zero-order valence-electron chi connectivity index (χ0n) is 26.3. The monoisotopic (exact) mass is 632 g/mol. The number of halogens is 1. The highest BCUT2D eigenvalue weighted by molar-refractivity contribution is 6.14. The average molecular weight is 633 g/mol. The fraction of sp³-hybridized carbons (Fsp3) is 0.231. The Labute approximate surface area is 271 Å². The fourth-order valence-corrected chi connectivity index (χ4v) is 6.66. The first-order valence-electron chi connectivity index (χ1n) is 15.8. The SMILES string of the molecule is CC(C)n1c(CC[C@@H](O)C[C@@H](O)CC(=O)O)c(-c2ccc(F)cc2)c2c3ccccc3n(-c3ccc(-c4ccccc4)cc3)c(=O)c21. The topological polar surface area (TPSA) is 105 Å². The maximum atomic E-state index is 14.8. The van der Waals surface area contributed by atoms with Crippen molar-refractivity contribution in [2.75, 3.05) is 0 Å². The van der Waals surface area contributed by atoms with Crippen LogP contribution < -0.4 is 5.56 Å². The second kappa shape index (κ2) is 13.4. The van der Waals surface area contributed by atoms with Crippen LogP contribution in [0.1, 0.15) is 44.8 Å². The number of carboxylic acids is 1. The number of aliphatic carboxylic acids is 1. The van der Waals surface area contributed by atoms with Gasteiger partial charge in [-0.2, -0.15) is 0 Å². The Morgan fingerprint density at radius 2 is 1.40 bits per heavy atom. The van der Waals surface area contributed by atoms with Crippen LogP contribution >= 0.6 is 0 Å². The molecular weight excluding hydrogens is 595 g/mol. The van der Waals surface area contributed by atoms with Crippen molar-refractivity contribution in [1.82, 2.24) is 9.13 Å². The van der Waals surface area contributed by atoms with E-state index < -0.39 is 24.6 Å². The van der Waals surface area contributed by atoms with Gasteiger partial charge in [0.15, 0.2) is 0 Å². The Hall–Kier alpha value is -5.05. The second-order valence-electron chi connectivity index (χ2n) is 12.3. The summed E-state index contributed by atoms with van der Waals surface area (Å²) in [4.78, 5) is 25.9. The molecule has 6 aromatic rings. The van der Waals surface area contributed by atoms with E-state index in [1.807, 2.05) is 97.3 Å². The number of carbonyl (C=O) groups is 1. The lowest BCUT2D eigenvalue weighted by Crippen LogP contribution is -2.23. The summed E-state index contributed by atoms with van der Waals surface area (Å²) in [5.41, 5.74) is 6.17. The lowest BCUT2D eigenvalue weighted by atomic mass is 9.96. The molecule has 2 atom stereocenters. The number of aliphatic hydroxyl groups excluding tert-OH is 2. The minimum absolute atomic E-state index is 0.0885. The van der Waals surface area contributed by atoms with Gasteiger partial charge in [0.25, 0.3) is 5.56 Å². The van der Waals surface area contributed by atoms with E-state index in [0.717, 1.165) is 49.9 Å². The van der Waals surface area contributed by atoms with Gasteiger partial charge in [0.1, 0.15) is 11.3 Å². The molecule has 0 radical (unpaired) electrons. The fourth-order valence-electron chi connectivity index (χ4n) is 6.66. The third kappa shape index (κ3) is 6.35. The standard InChI is InChI=1S/C39H37FN2O5/c1-24(2)41-34(21-20-30(43)22-31(44)23-35(45)46)36(27-12-16-28(40)17-13-27)37-32-10-6-7-11-33(32)42(39(47)38(37)41)29-18-14-26(15-19-29)25-8-4-3-5-9-25/h3-19,24,30-31,43-44H,20-23H2,1-2H3,(H,45,46)/t30-,31-/m1/s1. The Bertz CT molecular complexity index is 2100. The maximum absolute atomic E-state index is 14.8. The number of benzene rings is 4. The van der Waals surface area contributed by atoms with Gasteiger partial charge >= 0.3 is 5.97 Å². The molecular formula is C39H37FN2O5. The summed E-state index contributed by atoms with van der Waals surface area (Å²) in [6.45, 7) is 4.00. The Balaban J connectivity index is 1.58. The van der Waals surface area contributed by atoms with Crippen molar-refractivity contribution < 1.29 is 24.5 Å². The van der Waals surface area contributed by atoms with Gasteiger partial charge in [-0.15, -0.1) is 0 Å².